The number of aromatic nitrogens is 1. The average molecular weight is 349 g/mol. The number of pyridine rings is 1. The lowest BCUT2D eigenvalue weighted by molar-refractivity contribution is 0.104. The van der Waals surface area contributed by atoms with Crippen LogP contribution in [0.15, 0.2) is 47.1 Å². The zero-order valence-electron chi connectivity index (χ0n) is 12.5. The molecular formula is C17H21BrN2O. The van der Waals surface area contributed by atoms with Gasteiger partial charge in [0, 0.05) is 23.3 Å². The summed E-state index contributed by atoms with van der Waals surface area (Å²) in [4.78, 5) is 4.43. The lowest BCUT2D eigenvalue weighted by Crippen LogP contribution is -2.21. The second kappa shape index (κ2) is 8.27. The monoisotopic (exact) mass is 348 g/mol. The van der Waals surface area contributed by atoms with Crippen LogP contribution < -0.4 is 5.32 Å². The van der Waals surface area contributed by atoms with E-state index in [9.17, 15) is 0 Å². The fourth-order valence-corrected chi connectivity index (χ4v) is 2.31. The van der Waals surface area contributed by atoms with Crippen molar-refractivity contribution in [2.24, 2.45) is 0 Å². The molecule has 0 aliphatic carbocycles. The molecule has 0 saturated carbocycles. The van der Waals surface area contributed by atoms with Gasteiger partial charge in [-0.3, -0.25) is 4.98 Å². The molecule has 0 aliphatic rings. The maximum atomic E-state index is 5.70. The van der Waals surface area contributed by atoms with Crippen molar-refractivity contribution in [1.29, 1.82) is 0 Å². The summed E-state index contributed by atoms with van der Waals surface area (Å²) in [5.74, 6) is 0. The number of nitrogens with zero attached hydrogens (tertiary/aromatic N) is 1. The lowest BCUT2D eigenvalue weighted by Gasteiger charge is -2.08. The van der Waals surface area contributed by atoms with Crippen molar-refractivity contribution in [2.75, 3.05) is 0 Å². The van der Waals surface area contributed by atoms with E-state index in [2.05, 4.69) is 58.3 Å². The van der Waals surface area contributed by atoms with Crippen molar-refractivity contribution in [3.05, 3.63) is 63.9 Å². The molecule has 0 fully saturated rings. The summed E-state index contributed by atoms with van der Waals surface area (Å²) in [5, 5.41) is 3.38. The van der Waals surface area contributed by atoms with E-state index in [1.807, 2.05) is 24.4 Å². The quantitative estimate of drug-likeness (QED) is 0.819. The van der Waals surface area contributed by atoms with E-state index in [0.29, 0.717) is 19.3 Å². The van der Waals surface area contributed by atoms with Crippen LogP contribution in [0.3, 0.4) is 0 Å². The highest BCUT2D eigenvalue weighted by molar-refractivity contribution is 9.10. The Hall–Kier alpha value is -1.23. The van der Waals surface area contributed by atoms with Gasteiger partial charge in [0.25, 0.3) is 0 Å². The highest BCUT2D eigenvalue weighted by atomic mass is 79.9. The summed E-state index contributed by atoms with van der Waals surface area (Å²) < 4.78 is 6.77. The molecule has 0 aliphatic heterocycles. The van der Waals surface area contributed by atoms with Gasteiger partial charge in [-0.1, -0.05) is 48.0 Å². The number of rotatable bonds is 7. The van der Waals surface area contributed by atoms with Crippen LogP contribution in [0, 0.1) is 0 Å². The van der Waals surface area contributed by atoms with Crippen LogP contribution in [0.2, 0.25) is 0 Å². The first-order chi connectivity index (χ1) is 10.1. The van der Waals surface area contributed by atoms with Crippen molar-refractivity contribution in [3.8, 4) is 0 Å². The predicted octanol–water partition coefficient (Wildman–Crippen LogP) is 4.06. The highest BCUT2D eigenvalue weighted by Gasteiger charge is 1.99. The molecule has 0 amide bonds. The minimum absolute atomic E-state index is 0.484. The largest absolute Gasteiger partial charge is 0.370 e. The minimum atomic E-state index is 0.484. The third-order valence-electron chi connectivity index (χ3n) is 3.01. The molecule has 2 aromatic rings. The Labute approximate surface area is 134 Å². The van der Waals surface area contributed by atoms with Gasteiger partial charge in [-0.2, -0.15) is 0 Å². The van der Waals surface area contributed by atoms with Crippen molar-refractivity contribution < 1.29 is 4.74 Å². The lowest BCUT2D eigenvalue weighted by atomic mass is 10.2. The van der Waals surface area contributed by atoms with E-state index in [4.69, 9.17) is 4.74 Å². The molecule has 0 saturated heterocycles. The summed E-state index contributed by atoms with van der Waals surface area (Å²) in [5.41, 5.74) is 3.31. The van der Waals surface area contributed by atoms with Gasteiger partial charge < -0.3 is 10.1 Å². The van der Waals surface area contributed by atoms with Gasteiger partial charge in [-0.05, 0) is 29.3 Å². The predicted molar refractivity (Wildman–Crippen MR) is 88.8 cm³/mol. The standard InChI is InChI=1S/C17H21BrN2O/c1-13(2)19-9-15-6-7-17(20-10-15)12-21-11-14-4-3-5-16(18)8-14/h3-8,10,13,19H,9,11-12H2,1-2H3. The van der Waals surface area contributed by atoms with E-state index in [1.165, 1.54) is 5.56 Å². The van der Waals surface area contributed by atoms with Crippen LogP contribution in [-0.2, 0) is 24.5 Å². The molecule has 3 nitrogen and oxygen atoms in total. The number of benzene rings is 1. The summed E-state index contributed by atoms with van der Waals surface area (Å²) >= 11 is 3.46. The van der Waals surface area contributed by atoms with Crippen molar-refractivity contribution in [2.45, 2.75) is 39.6 Å². The first kappa shape index (κ1) is 16.1. The van der Waals surface area contributed by atoms with Gasteiger partial charge >= 0.3 is 0 Å². The average Bonchev–Trinajstić information content (AvgIpc) is 2.46. The van der Waals surface area contributed by atoms with Crippen molar-refractivity contribution in [3.63, 3.8) is 0 Å². The van der Waals surface area contributed by atoms with E-state index in [0.717, 1.165) is 22.3 Å². The van der Waals surface area contributed by atoms with Crippen LogP contribution in [0.4, 0.5) is 0 Å². The van der Waals surface area contributed by atoms with E-state index >= 15 is 0 Å². The molecular weight excluding hydrogens is 328 g/mol. The number of hydrogen-bond donors (Lipinski definition) is 1. The molecule has 112 valence electrons. The van der Waals surface area contributed by atoms with Gasteiger partial charge in [-0.15, -0.1) is 0 Å². The third kappa shape index (κ3) is 5.96. The minimum Gasteiger partial charge on any atom is -0.370 e. The highest BCUT2D eigenvalue weighted by Crippen LogP contribution is 2.13. The number of nitrogens with one attached hydrogen (secondary N) is 1. The second-order valence-electron chi connectivity index (χ2n) is 5.32. The maximum absolute atomic E-state index is 5.70. The Kier molecular flexibility index (Phi) is 6.36. The smallest absolute Gasteiger partial charge is 0.0892 e. The second-order valence-corrected chi connectivity index (χ2v) is 6.23. The Morgan fingerprint density at radius 2 is 2.00 bits per heavy atom. The molecule has 21 heavy (non-hydrogen) atoms. The fraction of sp³-hybridized carbons (Fsp3) is 0.353. The van der Waals surface area contributed by atoms with Crippen molar-refractivity contribution in [1.82, 2.24) is 10.3 Å². The first-order valence-corrected chi connectivity index (χ1v) is 7.92. The molecule has 0 unspecified atom stereocenters. The van der Waals surface area contributed by atoms with E-state index in [-0.39, 0.29) is 0 Å². The number of ether oxygens (including phenoxy) is 1. The molecule has 0 bridgehead atoms. The third-order valence-corrected chi connectivity index (χ3v) is 3.50. The normalized spacial score (nSPS) is 11.0. The van der Waals surface area contributed by atoms with Crippen LogP contribution in [0.25, 0.3) is 0 Å². The van der Waals surface area contributed by atoms with Crippen LogP contribution in [-0.4, -0.2) is 11.0 Å². The number of halogens is 1. The maximum Gasteiger partial charge on any atom is 0.0892 e. The summed E-state index contributed by atoms with van der Waals surface area (Å²) in [6.45, 7) is 6.25. The molecule has 0 radical (unpaired) electrons. The Balaban J connectivity index is 1.78. The van der Waals surface area contributed by atoms with Crippen LogP contribution >= 0.6 is 15.9 Å². The van der Waals surface area contributed by atoms with E-state index < -0.39 is 0 Å². The molecule has 1 N–H and O–H groups in total. The number of hydrogen-bond acceptors (Lipinski definition) is 3. The summed E-state index contributed by atoms with van der Waals surface area (Å²) in [6.07, 6.45) is 1.91. The van der Waals surface area contributed by atoms with Gasteiger partial charge in [0.2, 0.25) is 0 Å². The van der Waals surface area contributed by atoms with Gasteiger partial charge in [0.15, 0.2) is 0 Å². The summed E-state index contributed by atoms with van der Waals surface area (Å²) in [6, 6.07) is 12.7. The van der Waals surface area contributed by atoms with Crippen molar-refractivity contribution >= 4 is 15.9 Å². The topological polar surface area (TPSA) is 34.1 Å². The first-order valence-electron chi connectivity index (χ1n) is 7.13. The zero-order valence-corrected chi connectivity index (χ0v) is 14.1. The van der Waals surface area contributed by atoms with Crippen LogP contribution in [0.1, 0.15) is 30.7 Å². The molecule has 1 aromatic carbocycles. The zero-order chi connectivity index (χ0) is 15.1. The van der Waals surface area contributed by atoms with Gasteiger partial charge in [0.1, 0.15) is 0 Å². The van der Waals surface area contributed by atoms with Gasteiger partial charge in [0.05, 0.1) is 18.9 Å². The Bertz CT molecular complexity index is 555. The SMILES string of the molecule is CC(C)NCc1ccc(COCc2cccc(Br)c2)nc1. The molecule has 0 spiro atoms. The molecule has 0 atom stereocenters. The van der Waals surface area contributed by atoms with Crippen LogP contribution in [0.5, 0.6) is 0 Å². The molecule has 1 aromatic heterocycles. The Morgan fingerprint density at radius 3 is 2.67 bits per heavy atom. The molecule has 4 heteroatoms. The fourth-order valence-electron chi connectivity index (χ4n) is 1.87. The molecule has 2 rings (SSSR count). The van der Waals surface area contributed by atoms with E-state index in [1.54, 1.807) is 0 Å². The molecule has 1 heterocycles. The summed E-state index contributed by atoms with van der Waals surface area (Å²) in [7, 11) is 0. The Morgan fingerprint density at radius 1 is 1.14 bits per heavy atom. The van der Waals surface area contributed by atoms with Gasteiger partial charge in [-0.25, -0.2) is 0 Å².